The number of hydrogen-bond donors (Lipinski definition) is 2. The molecule has 0 radical (unpaired) electrons. The second kappa shape index (κ2) is 8.28. The Morgan fingerprint density at radius 3 is 2.44 bits per heavy atom. The number of carbonyl (C=O) groups is 2. The minimum Gasteiger partial charge on any atom is -0.494 e. The molecule has 0 aliphatic carbocycles. The second-order valence-corrected chi connectivity index (χ2v) is 5.63. The van der Waals surface area contributed by atoms with Gasteiger partial charge in [-0.2, -0.15) is 0 Å². The zero-order chi connectivity index (χ0) is 18.4. The summed E-state index contributed by atoms with van der Waals surface area (Å²) in [6.45, 7) is 5.99. The maximum atomic E-state index is 13.7. The summed E-state index contributed by atoms with van der Waals surface area (Å²) in [5.74, 6) is -1.60. The highest BCUT2D eigenvalue weighted by molar-refractivity contribution is 6.39. The van der Waals surface area contributed by atoms with Gasteiger partial charge in [-0.15, -0.1) is 0 Å². The van der Waals surface area contributed by atoms with Crippen molar-refractivity contribution in [2.24, 2.45) is 0 Å². The number of rotatable bonds is 5. The zero-order valence-corrected chi connectivity index (χ0v) is 14.4. The van der Waals surface area contributed by atoms with Crippen LogP contribution in [0.25, 0.3) is 0 Å². The van der Waals surface area contributed by atoms with Gasteiger partial charge in [0, 0.05) is 0 Å². The quantitative estimate of drug-likeness (QED) is 0.818. The topological polar surface area (TPSA) is 67.4 Å². The van der Waals surface area contributed by atoms with Crippen LogP contribution in [0.5, 0.6) is 5.75 Å². The predicted octanol–water partition coefficient (Wildman–Crippen LogP) is 3.35. The fourth-order valence-corrected chi connectivity index (χ4v) is 2.28. The molecule has 2 N–H and O–H groups in total. The molecule has 0 saturated carbocycles. The SMILES string of the molecule is CCOc1ccc(C(C)NC(=O)C(=O)Nc2cc(C)ccc2F)cc1. The molecule has 2 aromatic carbocycles. The van der Waals surface area contributed by atoms with Gasteiger partial charge >= 0.3 is 11.8 Å². The number of halogens is 1. The number of hydrogen-bond acceptors (Lipinski definition) is 3. The molecule has 0 heterocycles. The predicted molar refractivity (Wildman–Crippen MR) is 93.9 cm³/mol. The molecule has 0 saturated heterocycles. The first-order valence-electron chi connectivity index (χ1n) is 8.01. The van der Waals surface area contributed by atoms with Crippen molar-refractivity contribution in [2.45, 2.75) is 26.8 Å². The van der Waals surface area contributed by atoms with Crippen molar-refractivity contribution >= 4 is 17.5 Å². The molecule has 0 spiro atoms. The number of ether oxygens (including phenoxy) is 1. The summed E-state index contributed by atoms with van der Waals surface area (Å²) in [5, 5.41) is 4.87. The van der Waals surface area contributed by atoms with Crippen LogP contribution in [0, 0.1) is 12.7 Å². The molecule has 5 nitrogen and oxygen atoms in total. The van der Waals surface area contributed by atoms with Crippen LogP contribution < -0.4 is 15.4 Å². The molecule has 1 atom stereocenters. The second-order valence-electron chi connectivity index (χ2n) is 5.63. The number of carbonyl (C=O) groups excluding carboxylic acids is 2. The van der Waals surface area contributed by atoms with Gasteiger partial charge in [0.25, 0.3) is 0 Å². The summed E-state index contributed by atoms with van der Waals surface area (Å²) in [5.41, 5.74) is 1.58. The van der Waals surface area contributed by atoms with E-state index in [0.29, 0.717) is 6.61 Å². The van der Waals surface area contributed by atoms with Gasteiger partial charge in [-0.25, -0.2) is 4.39 Å². The van der Waals surface area contributed by atoms with Gasteiger partial charge in [0.05, 0.1) is 18.3 Å². The summed E-state index contributed by atoms with van der Waals surface area (Å²) in [7, 11) is 0. The van der Waals surface area contributed by atoms with Crippen LogP contribution in [-0.4, -0.2) is 18.4 Å². The lowest BCUT2D eigenvalue weighted by molar-refractivity contribution is -0.136. The maximum Gasteiger partial charge on any atom is 0.313 e. The molecule has 0 fully saturated rings. The van der Waals surface area contributed by atoms with E-state index in [1.807, 2.05) is 19.1 Å². The van der Waals surface area contributed by atoms with Crippen LogP contribution in [0.3, 0.4) is 0 Å². The Hall–Kier alpha value is -2.89. The number of anilines is 1. The Balaban J connectivity index is 1.98. The highest BCUT2D eigenvalue weighted by atomic mass is 19.1. The molecule has 2 amide bonds. The maximum absolute atomic E-state index is 13.7. The molecule has 0 bridgehead atoms. The first-order valence-corrected chi connectivity index (χ1v) is 8.01. The molecule has 0 aliphatic rings. The largest absolute Gasteiger partial charge is 0.494 e. The van der Waals surface area contributed by atoms with Gasteiger partial charge in [0.1, 0.15) is 11.6 Å². The van der Waals surface area contributed by atoms with Crippen molar-refractivity contribution in [1.82, 2.24) is 5.32 Å². The van der Waals surface area contributed by atoms with Crippen molar-refractivity contribution in [2.75, 3.05) is 11.9 Å². The minimum atomic E-state index is -0.915. The van der Waals surface area contributed by atoms with Gasteiger partial charge in [-0.05, 0) is 56.2 Å². The Morgan fingerprint density at radius 1 is 1.12 bits per heavy atom. The van der Waals surface area contributed by atoms with E-state index in [1.165, 1.54) is 12.1 Å². The molecule has 0 aromatic heterocycles. The van der Waals surface area contributed by atoms with Crippen LogP contribution in [0.4, 0.5) is 10.1 Å². The normalized spacial score (nSPS) is 11.5. The average Bonchev–Trinajstić information content (AvgIpc) is 2.59. The molecule has 132 valence electrons. The van der Waals surface area contributed by atoms with Gasteiger partial charge < -0.3 is 15.4 Å². The summed E-state index contributed by atoms with van der Waals surface area (Å²) in [4.78, 5) is 24.0. The van der Waals surface area contributed by atoms with Gasteiger partial charge in [-0.3, -0.25) is 9.59 Å². The number of amides is 2. The Morgan fingerprint density at radius 2 is 1.80 bits per heavy atom. The van der Waals surface area contributed by atoms with E-state index < -0.39 is 17.6 Å². The van der Waals surface area contributed by atoms with Crippen molar-refractivity contribution in [3.8, 4) is 5.75 Å². The van der Waals surface area contributed by atoms with Crippen LogP contribution in [0.15, 0.2) is 42.5 Å². The van der Waals surface area contributed by atoms with Gasteiger partial charge in [-0.1, -0.05) is 18.2 Å². The summed E-state index contributed by atoms with van der Waals surface area (Å²) in [6.07, 6.45) is 0. The fraction of sp³-hybridized carbons (Fsp3) is 0.263. The van der Waals surface area contributed by atoms with E-state index in [9.17, 15) is 14.0 Å². The van der Waals surface area contributed by atoms with Crippen LogP contribution in [0.1, 0.15) is 31.0 Å². The lowest BCUT2D eigenvalue weighted by atomic mass is 10.1. The average molecular weight is 344 g/mol. The molecule has 1 unspecified atom stereocenters. The van der Waals surface area contributed by atoms with E-state index in [1.54, 1.807) is 32.0 Å². The highest BCUT2D eigenvalue weighted by Crippen LogP contribution is 2.18. The van der Waals surface area contributed by atoms with E-state index in [0.717, 1.165) is 16.9 Å². The molecule has 25 heavy (non-hydrogen) atoms. The van der Waals surface area contributed by atoms with E-state index in [-0.39, 0.29) is 11.7 Å². The van der Waals surface area contributed by atoms with Crippen molar-refractivity contribution in [3.63, 3.8) is 0 Å². The van der Waals surface area contributed by atoms with Crippen LogP contribution >= 0.6 is 0 Å². The Labute approximate surface area is 146 Å². The van der Waals surface area contributed by atoms with Crippen molar-refractivity contribution in [1.29, 1.82) is 0 Å². The van der Waals surface area contributed by atoms with Gasteiger partial charge in [0.15, 0.2) is 0 Å². The monoisotopic (exact) mass is 344 g/mol. The fourth-order valence-electron chi connectivity index (χ4n) is 2.28. The summed E-state index contributed by atoms with van der Waals surface area (Å²) < 4.78 is 19.0. The zero-order valence-electron chi connectivity index (χ0n) is 14.4. The molecule has 2 rings (SSSR count). The number of nitrogens with one attached hydrogen (secondary N) is 2. The standard InChI is InChI=1S/C19H21FN2O3/c1-4-25-15-8-6-14(7-9-15)13(3)21-18(23)19(24)22-17-11-12(2)5-10-16(17)20/h5-11,13H,4H2,1-3H3,(H,21,23)(H,22,24). The third-order valence-corrected chi connectivity index (χ3v) is 3.61. The first kappa shape index (κ1) is 18.4. The molecular formula is C19H21FN2O3. The first-order chi connectivity index (χ1) is 11.9. The summed E-state index contributed by atoms with van der Waals surface area (Å²) >= 11 is 0. The van der Waals surface area contributed by atoms with Gasteiger partial charge in [0.2, 0.25) is 0 Å². The molecule has 0 aliphatic heterocycles. The minimum absolute atomic E-state index is 0.0196. The molecule has 6 heteroatoms. The highest BCUT2D eigenvalue weighted by Gasteiger charge is 2.18. The number of aryl methyl sites for hydroxylation is 1. The lowest BCUT2D eigenvalue weighted by Crippen LogP contribution is -2.37. The lowest BCUT2D eigenvalue weighted by Gasteiger charge is -2.15. The number of benzene rings is 2. The summed E-state index contributed by atoms with van der Waals surface area (Å²) in [6, 6.07) is 11.1. The van der Waals surface area contributed by atoms with Crippen molar-refractivity contribution < 1.29 is 18.7 Å². The third kappa shape index (κ3) is 5.04. The third-order valence-electron chi connectivity index (χ3n) is 3.61. The van der Waals surface area contributed by atoms with Crippen LogP contribution in [-0.2, 0) is 9.59 Å². The van der Waals surface area contributed by atoms with Crippen LogP contribution in [0.2, 0.25) is 0 Å². The van der Waals surface area contributed by atoms with E-state index in [4.69, 9.17) is 4.74 Å². The Kier molecular flexibility index (Phi) is 6.11. The molecular weight excluding hydrogens is 323 g/mol. The van der Waals surface area contributed by atoms with E-state index >= 15 is 0 Å². The smallest absolute Gasteiger partial charge is 0.313 e. The molecule has 2 aromatic rings. The van der Waals surface area contributed by atoms with Crippen molar-refractivity contribution in [3.05, 3.63) is 59.4 Å². The van der Waals surface area contributed by atoms with E-state index in [2.05, 4.69) is 10.6 Å². The Bertz CT molecular complexity index is 760.